The van der Waals surface area contributed by atoms with Gasteiger partial charge in [-0.3, -0.25) is 0 Å². The van der Waals surface area contributed by atoms with E-state index in [1.165, 1.54) is 5.56 Å². The summed E-state index contributed by atoms with van der Waals surface area (Å²) in [6.07, 6.45) is 1.05. The fraction of sp³-hybridized carbons (Fsp3) is 0.500. The molecule has 16 heavy (non-hydrogen) atoms. The molecule has 1 rings (SSSR count). The van der Waals surface area contributed by atoms with Crippen LogP contribution >= 0.6 is 8.20 Å². The molecule has 1 aromatic carbocycles. The molecule has 0 aliphatic heterocycles. The SMILES string of the molecule is CCC(C)P=C([O-])c1c(C)ccc(C)c1C. The highest BCUT2D eigenvalue weighted by Gasteiger charge is 2.04. The van der Waals surface area contributed by atoms with E-state index >= 15 is 0 Å². The Kier molecular flexibility index (Phi) is 4.70. The largest absolute Gasteiger partial charge is 0.824 e. The Morgan fingerprint density at radius 3 is 2.38 bits per heavy atom. The summed E-state index contributed by atoms with van der Waals surface area (Å²) >= 11 is 0. The summed E-state index contributed by atoms with van der Waals surface area (Å²) in [5.41, 5.74) is 5.10. The molecule has 0 radical (unpaired) electrons. The number of benzene rings is 1. The molecule has 1 aromatic rings. The van der Waals surface area contributed by atoms with Gasteiger partial charge in [-0.15, -0.1) is 13.7 Å². The highest BCUT2D eigenvalue weighted by atomic mass is 31.1. The normalized spacial score (nSPS) is 14.0. The second-order valence-electron chi connectivity index (χ2n) is 4.39. The highest BCUT2D eigenvalue weighted by Crippen LogP contribution is 2.22. The van der Waals surface area contributed by atoms with E-state index in [9.17, 15) is 5.11 Å². The zero-order valence-corrected chi connectivity index (χ0v) is 11.7. The Hall–Kier alpha value is -0.650. The van der Waals surface area contributed by atoms with Crippen molar-refractivity contribution < 1.29 is 5.11 Å². The van der Waals surface area contributed by atoms with Crippen LogP contribution in [0.25, 0.3) is 0 Å². The lowest BCUT2D eigenvalue weighted by Gasteiger charge is -2.20. The minimum atomic E-state index is 0.271. The Balaban J connectivity index is 3.22. The second-order valence-corrected chi connectivity index (χ2v) is 5.94. The maximum absolute atomic E-state index is 12.2. The Morgan fingerprint density at radius 1 is 1.25 bits per heavy atom. The zero-order chi connectivity index (χ0) is 12.3. The van der Waals surface area contributed by atoms with E-state index in [0.29, 0.717) is 5.66 Å². The molecule has 1 nitrogen and oxygen atoms in total. The maximum Gasteiger partial charge on any atom is -0.00317 e. The number of aryl methyl sites for hydroxylation is 2. The smallest absolute Gasteiger partial charge is 0.00317 e. The van der Waals surface area contributed by atoms with Crippen molar-refractivity contribution in [2.75, 3.05) is 0 Å². The van der Waals surface area contributed by atoms with E-state index in [-0.39, 0.29) is 5.48 Å². The molecule has 0 bridgehead atoms. The van der Waals surface area contributed by atoms with Gasteiger partial charge in [0.05, 0.1) is 0 Å². The van der Waals surface area contributed by atoms with Crippen molar-refractivity contribution in [3.05, 3.63) is 34.4 Å². The van der Waals surface area contributed by atoms with Gasteiger partial charge < -0.3 is 5.11 Å². The van der Waals surface area contributed by atoms with Crippen LogP contribution in [0, 0.1) is 20.8 Å². The summed E-state index contributed by atoms with van der Waals surface area (Å²) in [5, 5.41) is 12.2. The maximum atomic E-state index is 12.2. The summed E-state index contributed by atoms with van der Waals surface area (Å²) in [4.78, 5) is 0. The quantitative estimate of drug-likeness (QED) is 0.738. The van der Waals surface area contributed by atoms with E-state index in [2.05, 4.69) is 26.8 Å². The monoisotopic (exact) mass is 235 g/mol. The van der Waals surface area contributed by atoms with Gasteiger partial charge >= 0.3 is 0 Å². The first-order valence-electron chi connectivity index (χ1n) is 5.79. The summed E-state index contributed by atoms with van der Waals surface area (Å²) in [5.74, 6) is 0. The van der Waals surface area contributed by atoms with Crippen molar-refractivity contribution in [1.29, 1.82) is 0 Å². The molecule has 0 N–H and O–H groups in total. The standard InChI is InChI=1S/C14H21OP/c1-6-11(4)16-14(15)13-10(3)8-7-9(2)12(13)5/h7-8,11,15H,6H2,1-5H3/p-1. The average Bonchev–Trinajstić information content (AvgIpc) is 2.24. The van der Waals surface area contributed by atoms with Crippen molar-refractivity contribution in [2.45, 2.75) is 46.7 Å². The second kappa shape index (κ2) is 5.61. The van der Waals surface area contributed by atoms with Gasteiger partial charge in [0.2, 0.25) is 0 Å². The summed E-state index contributed by atoms with van der Waals surface area (Å²) in [6, 6.07) is 4.13. The molecule has 1 atom stereocenters. The Morgan fingerprint density at radius 2 is 1.81 bits per heavy atom. The predicted octanol–water partition coefficient (Wildman–Crippen LogP) is 3.19. The molecule has 0 heterocycles. The molecule has 0 fully saturated rings. The number of hydrogen-bond donors (Lipinski definition) is 0. The van der Waals surface area contributed by atoms with E-state index < -0.39 is 0 Å². The molecule has 0 aliphatic carbocycles. The predicted molar refractivity (Wildman–Crippen MR) is 71.4 cm³/mol. The lowest BCUT2D eigenvalue weighted by Crippen LogP contribution is -2.20. The van der Waals surface area contributed by atoms with Crippen molar-refractivity contribution >= 4 is 13.7 Å². The van der Waals surface area contributed by atoms with Crippen LogP contribution in [0.4, 0.5) is 0 Å². The van der Waals surface area contributed by atoms with Crippen LogP contribution in [0.3, 0.4) is 0 Å². The van der Waals surface area contributed by atoms with Gasteiger partial charge in [0.1, 0.15) is 0 Å². The van der Waals surface area contributed by atoms with Crippen molar-refractivity contribution in [2.24, 2.45) is 0 Å². The van der Waals surface area contributed by atoms with Crippen LogP contribution in [0.5, 0.6) is 0 Å². The molecule has 88 valence electrons. The fourth-order valence-electron chi connectivity index (χ4n) is 1.64. The molecule has 0 aromatic heterocycles. The first-order valence-corrected chi connectivity index (χ1v) is 6.75. The minimum absolute atomic E-state index is 0.271. The van der Waals surface area contributed by atoms with Crippen LogP contribution in [-0.2, 0) is 0 Å². The Labute approximate surface area is 100 Å². The average molecular weight is 235 g/mol. The van der Waals surface area contributed by atoms with Gasteiger partial charge in [-0.05, 0) is 55.1 Å². The topological polar surface area (TPSA) is 23.1 Å². The number of hydrogen-bond acceptors (Lipinski definition) is 1. The fourth-order valence-corrected chi connectivity index (χ4v) is 2.69. The summed E-state index contributed by atoms with van der Waals surface area (Å²) in [6.45, 7) is 10.4. The molecular formula is C14H20OP-. The lowest BCUT2D eigenvalue weighted by atomic mass is 9.99. The van der Waals surface area contributed by atoms with Crippen LogP contribution < -0.4 is 5.11 Å². The molecular weight excluding hydrogens is 215 g/mol. The van der Waals surface area contributed by atoms with Crippen LogP contribution in [-0.4, -0.2) is 11.1 Å². The van der Waals surface area contributed by atoms with E-state index in [1.807, 2.05) is 19.9 Å². The van der Waals surface area contributed by atoms with Gasteiger partial charge in [-0.2, -0.15) is 0 Å². The summed E-state index contributed by atoms with van der Waals surface area (Å²) < 4.78 is 0. The van der Waals surface area contributed by atoms with Gasteiger partial charge in [0.25, 0.3) is 0 Å². The third kappa shape index (κ3) is 2.93. The third-order valence-electron chi connectivity index (χ3n) is 3.09. The van der Waals surface area contributed by atoms with Gasteiger partial charge in [0.15, 0.2) is 0 Å². The van der Waals surface area contributed by atoms with E-state index in [4.69, 9.17) is 0 Å². The molecule has 1 unspecified atom stereocenters. The van der Waals surface area contributed by atoms with Gasteiger partial charge in [-0.25, -0.2) is 0 Å². The molecule has 2 heteroatoms. The zero-order valence-electron chi connectivity index (χ0n) is 10.8. The third-order valence-corrected chi connectivity index (χ3v) is 4.35. The van der Waals surface area contributed by atoms with Crippen molar-refractivity contribution in [3.8, 4) is 0 Å². The van der Waals surface area contributed by atoms with Crippen LogP contribution in [0.1, 0.15) is 42.5 Å². The summed E-state index contributed by atoms with van der Waals surface area (Å²) in [7, 11) is 0.929. The molecule has 0 saturated carbocycles. The van der Waals surface area contributed by atoms with E-state index in [0.717, 1.165) is 31.3 Å². The van der Waals surface area contributed by atoms with Crippen molar-refractivity contribution in [1.82, 2.24) is 0 Å². The van der Waals surface area contributed by atoms with Crippen LogP contribution in [0.15, 0.2) is 12.1 Å². The van der Waals surface area contributed by atoms with Crippen molar-refractivity contribution in [3.63, 3.8) is 0 Å². The van der Waals surface area contributed by atoms with Gasteiger partial charge in [-0.1, -0.05) is 26.0 Å². The first-order chi connectivity index (χ1) is 7.47. The number of rotatable bonds is 3. The molecule has 0 spiro atoms. The molecule has 0 aliphatic rings. The van der Waals surface area contributed by atoms with Crippen LogP contribution in [0.2, 0.25) is 0 Å². The Bertz CT molecular complexity index is 407. The van der Waals surface area contributed by atoms with Gasteiger partial charge in [0, 0.05) is 0 Å². The first kappa shape index (κ1) is 13.4. The minimum Gasteiger partial charge on any atom is -0.824 e. The van der Waals surface area contributed by atoms with E-state index in [1.54, 1.807) is 0 Å². The lowest BCUT2D eigenvalue weighted by molar-refractivity contribution is -0.207. The molecule has 0 amide bonds. The highest BCUT2D eigenvalue weighted by molar-refractivity contribution is 7.41. The molecule has 0 saturated heterocycles.